The molecule has 0 aliphatic carbocycles. The Morgan fingerprint density at radius 3 is 2.47 bits per heavy atom. The summed E-state index contributed by atoms with van der Waals surface area (Å²) in [6.07, 6.45) is 4.80. The predicted molar refractivity (Wildman–Crippen MR) is 70.3 cm³/mol. The van der Waals surface area contributed by atoms with Gasteiger partial charge in [-0.3, -0.25) is 0 Å². The first-order valence-electron chi connectivity index (χ1n) is 6.51. The van der Waals surface area contributed by atoms with E-state index in [4.69, 9.17) is 0 Å². The van der Waals surface area contributed by atoms with Gasteiger partial charge in [0, 0.05) is 18.6 Å². The van der Waals surface area contributed by atoms with Gasteiger partial charge in [-0.2, -0.15) is 4.57 Å². The fraction of sp³-hybridized carbons (Fsp3) is 0.250. The van der Waals surface area contributed by atoms with Crippen molar-refractivity contribution in [3.8, 4) is 0 Å². The second-order valence-corrected chi connectivity index (χ2v) is 4.51. The summed E-state index contributed by atoms with van der Waals surface area (Å²) in [5, 5.41) is 10.9. The van der Waals surface area contributed by atoms with Gasteiger partial charge in [-0.05, 0) is 24.5 Å². The van der Waals surface area contributed by atoms with Crippen LogP contribution < -0.4 is 9.67 Å². The highest BCUT2D eigenvalue weighted by Gasteiger charge is 2.09. The van der Waals surface area contributed by atoms with Crippen LogP contribution in [0, 0.1) is 0 Å². The van der Waals surface area contributed by atoms with Gasteiger partial charge in [-0.15, -0.1) is 0 Å². The Morgan fingerprint density at radius 1 is 1.00 bits per heavy atom. The van der Waals surface area contributed by atoms with E-state index in [2.05, 4.69) is 12.1 Å². The third-order valence-electron chi connectivity index (χ3n) is 3.11. The standard InChI is InChI=1S/C16H17NO2/c18-16(19)15-11-5-7-13-17(15)12-6-4-10-14-8-2-1-3-9-14/h1-3,5,7-9,11,13H,4,6,10,12H2. The number of unbranched alkanes of at least 4 members (excludes halogenated alkanes) is 1. The molecule has 0 unspecified atom stereocenters. The Balaban J connectivity index is 1.85. The number of pyridine rings is 1. The number of carboxylic acids is 1. The van der Waals surface area contributed by atoms with Gasteiger partial charge in [0.05, 0.1) is 0 Å². The first-order valence-corrected chi connectivity index (χ1v) is 6.51. The summed E-state index contributed by atoms with van der Waals surface area (Å²) >= 11 is 0. The van der Waals surface area contributed by atoms with Crippen LogP contribution in [0.4, 0.5) is 0 Å². The second-order valence-electron chi connectivity index (χ2n) is 4.51. The average Bonchev–Trinajstić information content (AvgIpc) is 2.45. The van der Waals surface area contributed by atoms with Crippen molar-refractivity contribution in [2.75, 3.05) is 0 Å². The molecule has 0 N–H and O–H groups in total. The number of aromatic nitrogens is 1. The van der Waals surface area contributed by atoms with Gasteiger partial charge in [0.25, 0.3) is 0 Å². The zero-order chi connectivity index (χ0) is 13.5. The van der Waals surface area contributed by atoms with Crippen LogP contribution in [0.3, 0.4) is 0 Å². The van der Waals surface area contributed by atoms with Crippen molar-refractivity contribution in [1.82, 2.24) is 0 Å². The smallest absolute Gasteiger partial charge is 0.228 e. The van der Waals surface area contributed by atoms with E-state index in [1.807, 2.05) is 24.3 Å². The van der Waals surface area contributed by atoms with Crippen LogP contribution in [0.2, 0.25) is 0 Å². The molecule has 98 valence electrons. The highest BCUT2D eigenvalue weighted by atomic mass is 16.4. The highest BCUT2D eigenvalue weighted by Crippen LogP contribution is 2.04. The van der Waals surface area contributed by atoms with Gasteiger partial charge in [-0.1, -0.05) is 30.3 Å². The molecule has 0 saturated heterocycles. The Hall–Kier alpha value is -2.16. The number of aryl methyl sites for hydroxylation is 2. The van der Waals surface area contributed by atoms with Crippen LogP contribution in [0.5, 0.6) is 0 Å². The SMILES string of the molecule is O=C([O-])c1cccc[n+]1CCCCc1ccccc1. The summed E-state index contributed by atoms with van der Waals surface area (Å²) in [7, 11) is 0. The molecule has 0 aliphatic heterocycles. The number of carbonyl (C=O) groups excluding carboxylic acids is 1. The number of rotatable bonds is 6. The van der Waals surface area contributed by atoms with Gasteiger partial charge in [0.2, 0.25) is 5.69 Å². The number of benzene rings is 1. The third-order valence-corrected chi connectivity index (χ3v) is 3.11. The lowest BCUT2D eigenvalue weighted by molar-refractivity contribution is -0.701. The maximum atomic E-state index is 10.9. The van der Waals surface area contributed by atoms with Crippen molar-refractivity contribution in [2.45, 2.75) is 25.8 Å². The van der Waals surface area contributed by atoms with Crippen LogP contribution in [-0.4, -0.2) is 5.97 Å². The zero-order valence-electron chi connectivity index (χ0n) is 10.8. The molecule has 0 fully saturated rings. The van der Waals surface area contributed by atoms with Gasteiger partial charge in [0.1, 0.15) is 12.5 Å². The van der Waals surface area contributed by atoms with E-state index >= 15 is 0 Å². The lowest BCUT2D eigenvalue weighted by Gasteiger charge is -2.04. The number of aromatic carboxylic acids is 1. The first kappa shape index (κ1) is 13.3. The Kier molecular flexibility index (Phi) is 4.67. The Bertz CT molecular complexity index is 537. The largest absolute Gasteiger partial charge is 0.539 e. The Labute approximate surface area is 113 Å². The molecule has 0 amide bonds. The molecule has 0 spiro atoms. The number of carbonyl (C=O) groups is 1. The minimum Gasteiger partial charge on any atom is -0.539 e. The molecular formula is C16H17NO2. The molecule has 19 heavy (non-hydrogen) atoms. The quantitative estimate of drug-likeness (QED) is 0.578. The zero-order valence-corrected chi connectivity index (χ0v) is 10.8. The fourth-order valence-corrected chi connectivity index (χ4v) is 2.11. The molecule has 3 nitrogen and oxygen atoms in total. The van der Waals surface area contributed by atoms with Gasteiger partial charge < -0.3 is 9.90 Å². The van der Waals surface area contributed by atoms with Crippen molar-refractivity contribution in [3.05, 3.63) is 66.0 Å². The fourth-order valence-electron chi connectivity index (χ4n) is 2.11. The Morgan fingerprint density at radius 2 is 1.74 bits per heavy atom. The van der Waals surface area contributed by atoms with E-state index in [-0.39, 0.29) is 5.69 Å². The first-order chi connectivity index (χ1) is 9.27. The molecule has 0 aliphatic rings. The van der Waals surface area contributed by atoms with Crippen LogP contribution in [0.1, 0.15) is 28.9 Å². The normalized spacial score (nSPS) is 10.3. The maximum absolute atomic E-state index is 10.9. The van der Waals surface area contributed by atoms with Crippen molar-refractivity contribution in [1.29, 1.82) is 0 Å². The summed E-state index contributed by atoms with van der Waals surface area (Å²) in [5.74, 6) is -1.12. The van der Waals surface area contributed by atoms with E-state index in [0.29, 0.717) is 6.54 Å². The average molecular weight is 255 g/mol. The van der Waals surface area contributed by atoms with Gasteiger partial charge in [0.15, 0.2) is 6.20 Å². The molecule has 2 aromatic rings. The van der Waals surface area contributed by atoms with Crippen LogP contribution in [0.25, 0.3) is 0 Å². The van der Waals surface area contributed by atoms with Crippen molar-refractivity contribution >= 4 is 5.97 Å². The van der Waals surface area contributed by atoms with Gasteiger partial charge >= 0.3 is 0 Å². The molecule has 1 aromatic heterocycles. The monoisotopic (exact) mass is 255 g/mol. The molecule has 0 bridgehead atoms. The third kappa shape index (κ3) is 3.91. The minimum atomic E-state index is -1.12. The molecule has 1 aromatic carbocycles. The van der Waals surface area contributed by atoms with E-state index in [1.165, 1.54) is 5.56 Å². The number of hydrogen-bond donors (Lipinski definition) is 0. The van der Waals surface area contributed by atoms with Crippen molar-refractivity contribution < 1.29 is 14.5 Å². The van der Waals surface area contributed by atoms with E-state index in [9.17, 15) is 9.90 Å². The number of carboxylic acid groups (broad SMARTS) is 1. The van der Waals surface area contributed by atoms with Gasteiger partial charge in [-0.25, -0.2) is 0 Å². The second kappa shape index (κ2) is 6.69. The summed E-state index contributed by atoms with van der Waals surface area (Å²) in [4.78, 5) is 10.9. The summed E-state index contributed by atoms with van der Waals surface area (Å²) in [6, 6.07) is 15.4. The highest BCUT2D eigenvalue weighted by molar-refractivity contribution is 5.81. The molecule has 1 heterocycles. The lowest BCUT2D eigenvalue weighted by Crippen LogP contribution is -2.44. The van der Waals surface area contributed by atoms with Crippen LogP contribution in [0.15, 0.2) is 54.7 Å². The molecular weight excluding hydrogens is 238 g/mol. The van der Waals surface area contributed by atoms with E-state index in [1.54, 1.807) is 22.9 Å². The van der Waals surface area contributed by atoms with Crippen molar-refractivity contribution in [3.63, 3.8) is 0 Å². The topological polar surface area (TPSA) is 44.0 Å². The molecule has 3 heteroatoms. The lowest BCUT2D eigenvalue weighted by atomic mass is 10.1. The van der Waals surface area contributed by atoms with Crippen LogP contribution in [-0.2, 0) is 13.0 Å². The molecule has 0 atom stereocenters. The summed E-state index contributed by atoms with van der Waals surface area (Å²) in [5.41, 5.74) is 1.56. The molecule has 0 saturated carbocycles. The summed E-state index contributed by atoms with van der Waals surface area (Å²) in [6.45, 7) is 0.705. The number of nitrogens with zero attached hydrogens (tertiary/aromatic N) is 1. The van der Waals surface area contributed by atoms with Crippen molar-refractivity contribution in [2.24, 2.45) is 0 Å². The molecule has 0 radical (unpaired) electrons. The van der Waals surface area contributed by atoms with Crippen LogP contribution >= 0.6 is 0 Å². The van der Waals surface area contributed by atoms with E-state index < -0.39 is 5.97 Å². The number of hydrogen-bond acceptors (Lipinski definition) is 2. The maximum Gasteiger partial charge on any atom is 0.228 e. The van der Waals surface area contributed by atoms with E-state index in [0.717, 1.165) is 19.3 Å². The minimum absolute atomic E-state index is 0.238. The molecule has 2 rings (SSSR count). The predicted octanol–water partition coefficient (Wildman–Crippen LogP) is 1.36. The summed E-state index contributed by atoms with van der Waals surface area (Å²) < 4.78 is 1.74.